The van der Waals surface area contributed by atoms with E-state index in [1.807, 2.05) is 37.5 Å². The first kappa shape index (κ1) is 32.7. The summed E-state index contributed by atoms with van der Waals surface area (Å²) in [7, 11) is 1.82. The van der Waals surface area contributed by atoms with Crippen LogP contribution in [0, 0.1) is 0 Å². The van der Waals surface area contributed by atoms with Crippen molar-refractivity contribution >= 4 is 39.5 Å². The van der Waals surface area contributed by atoms with Gasteiger partial charge in [-0.1, -0.05) is 58.4 Å². The van der Waals surface area contributed by atoms with Gasteiger partial charge in [-0.25, -0.2) is 4.79 Å². The number of amides is 3. The molecule has 1 aliphatic rings. The Bertz CT molecular complexity index is 1720. The lowest BCUT2D eigenvalue weighted by molar-refractivity contribution is -0.142. The van der Waals surface area contributed by atoms with Crippen LogP contribution < -0.4 is 10.6 Å². The van der Waals surface area contributed by atoms with E-state index in [9.17, 15) is 19.5 Å². The van der Waals surface area contributed by atoms with E-state index in [2.05, 4.69) is 31.7 Å². The van der Waals surface area contributed by atoms with Gasteiger partial charge in [0.25, 0.3) is 5.91 Å². The molecule has 3 amide bonds. The van der Waals surface area contributed by atoms with Crippen molar-refractivity contribution in [3.8, 4) is 28.1 Å². The van der Waals surface area contributed by atoms with Crippen molar-refractivity contribution in [3.63, 3.8) is 0 Å². The predicted octanol–water partition coefficient (Wildman–Crippen LogP) is 6.81. The Hall–Kier alpha value is -4.64. The van der Waals surface area contributed by atoms with Gasteiger partial charge in [-0.05, 0) is 81.5 Å². The Morgan fingerprint density at radius 3 is 2.41 bits per heavy atom. The van der Waals surface area contributed by atoms with Crippen LogP contribution in [0.25, 0.3) is 22.4 Å². The van der Waals surface area contributed by atoms with Crippen molar-refractivity contribution in [2.24, 2.45) is 7.05 Å². The number of benzene rings is 3. The highest BCUT2D eigenvalue weighted by molar-refractivity contribution is 9.10. The second kappa shape index (κ2) is 13.8. The largest absolute Gasteiger partial charge is 0.507 e. The van der Waals surface area contributed by atoms with Gasteiger partial charge < -0.3 is 25.4 Å². The molecule has 5 rings (SSSR count). The summed E-state index contributed by atoms with van der Waals surface area (Å²) in [6.07, 6.45) is 3.21. The number of alkyl carbamates (subject to hydrolysis) is 1. The molecule has 0 unspecified atom stereocenters. The minimum Gasteiger partial charge on any atom is -0.507 e. The molecule has 3 aromatic carbocycles. The normalized spacial score (nSPS) is 15.6. The minimum absolute atomic E-state index is 0.120. The molecule has 10 nitrogen and oxygen atoms in total. The molecular formula is C35H38BrN5O5. The highest BCUT2D eigenvalue weighted by Gasteiger charge is 2.37. The van der Waals surface area contributed by atoms with Gasteiger partial charge in [0.2, 0.25) is 5.91 Å². The summed E-state index contributed by atoms with van der Waals surface area (Å²) in [6.45, 7) is 5.66. The van der Waals surface area contributed by atoms with E-state index in [1.165, 1.54) is 0 Å². The first-order valence-electron chi connectivity index (χ1n) is 15.2. The number of phenolic OH excluding ortho intramolecular Hbond substituents is 1. The molecule has 2 heterocycles. The van der Waals surface area contributed by atoms with E-state index in [0.29, 0.717) is 35.5 Å². The summed E-state index contributed by atoms with van der Waals surface area (Å²) in [5, 5.41) is 20.8. The SMILES string of the molecule is Cn1cc(-c2ccc(NC(=O)[C@@H]3CCCCN3C(=O)[C@H](NC(=O)OC(C)(C)C)c3ccccc3)cc2)c(-c2cc(Br)ccc2O)n1. The molecular weight excluding hydrogens is 650 g/mol. The molecule has 0 saturated carbocycles. The maximum atomic E-state index is 14.0. The lowest BCUT2D eigenvalue weighted by atomic mass is 9.97. The molecule has 2 atom stereocenters. The average Bonchev–Trinajstić information content (AvgIpc) is 3.41. The monoisotopic (exact) mass is 687 g/mol. The number of aromatic hydroxyl groups is 1. The molecule has 46 heavy (non-hydrogen) atoms. The molecule has 0 spiro atoms. The van der Waals surface area contributed by atoms with Crippen LogP contribution in [-0.2, 0) is 21.4 Å². The average molecular weight is 689 g/mol. The van der Waals surface area contributed by atoms with Crippen LogP contribution in [0.5, 0.6) is 5.75 Å². The number of anilines is 1. The number of piperidine rings is 1. The number of nitrogens with zero attached hydrogens (tertiary/aromatic N) is 3. The van der Waals surface area contributed by atoms with Gasteiger partial charge in [0.15, 0.2) is 0 Å². The highest BCUT2D eigenvalue weighted by Crippen LogP contribution is 2.37. The lowest BCUT2D eigenvalue weighted by Crippen LogP contribution is -2.53. The molecule has 1 aliphatic heterocycles. The van der Waals surface area contributed by atoms with Crippen LogP contribution in [-0.4, -0.2) is 55.9 Å². The minimum atomic E-state index is -1.01. The number of aromatic nitrogens is 2. The lowest BCUT2D eigenvalue weighted by Gasteiger charge is -2.37. The Labute approximate surface area is 276 Å². The third kappa shape index (κ3) is 7.77. The number of hydrogen-bond acceptors (Lipinski definition) is 6. The molecule has 240 valence electrons. The number of nitrogens with one attached hydrogen (secondary N) is 2. The van der Waals surface area contributed by atoms with E-state index in [1.54, 1.807) is 78.9 Å². The summed E-state index contributed by atoms with van der Waals surface area (Å²) >= 11 is 3.47. The number of carbonyl (C=O) groups excluding carboxylic acids is 3. The molecule has 3 N–H and O–H groups in total. The first-order chi connectivity index (χ1) is 21.9. The third-order valence-corrected chi connectivity index (χ3v) is 8.13. The van der Waals surface area contributed by atoms with Crippen molar-refractivity contribution < 1.29 is 24.2 Å². The number of phenols is 1. The number of rotatable bonds is 7. The van der Waals surface area contributed by atoms with Gasteiger partial charge in [-0.15, -0.1) is 0 Å². The maximum Gasteiger partial charge on any atom is 0.408 e. The molecule has 4 aromatic rings. The highest BCUT2D eigenvalue weighted by atomic mass is 79.9. The van der Waals surface area contributed by atoms with Crippen molar-refractivity contribution in [2.75, 3.05) is 11.9 Å². The summed E-state index contributed by atoms with van der Waals surface area (Å²) < 4.78 is 7.96. The Morgan fingerprint density at radius 2 is 1.72 bits per heavy atom. The zero-order valence-corrected chi connectivity index (χ0v) is 27.9. The number of hydrogen-bond donors (Lipinski definition) is 3. The van der Waals surface area contributed by atoms with Gasteiger partial charge >= 0.3 is 6.09 Å². The Morgan fingerprint density at radius 1 is 1.00 bits per heavy atom. The van der Waals surface area contributed by atoms with Gasteiger partial charge in [0, 0.05) is 41.1 Å². The Kier molecular flexibility index (Phi) is 9.81. The first-order valence-corrected chi connectivity index (χ1v) is 16.0. The van der Waals surface area contributed by atoms with E-state index in [4.69, 9.17) is 4.74 Å². The predicted molar refractivity (Wildman–Crippen MR) is 180 cm³/mol. The number of halogens is 1. The van der Waals surface area contributed by atoms with Crippen molar-refractivity contribution in [1.82, 2.24) is 20.0 Å². The topological polar surface area (TPSA) is 126 Å². The second-order valence-electron chi connectivity index (χ2n) is 12.3. The summed E-state index contributed by atoms with van der Waals surface area (Å²) in [5.41, 5.74) is 3.34. The standard InChI is InChI=1S/C35H38BrN5O5/c1-35(2,3)46-34(45)38-30(23-10-6-5-7-11-23)33(44)41-19-9-8-12-28(41)32(43)37-25-16-13-22(14-17-25)27-21-40(4)39-31(27)26-20-24(36)15-18-29(26)42/h5-7,10-11,13-18,20-21,28,30,42H,8-9,12,19H2,1-4H3,(H,37,43)(H,38,45)/t28-,30+/m0/s1. The van der Waals surface area contributed by atoms with E-state index in [-0.39, 0.29) is 17.6 Å². The fraction of sp³-hybridized carbons (Fsp3) is 0.314. The number of ether oxygens (including phenoxy) is 1. The maximum absolute atomic E-state index is 14.0. The van der Waals surface area contributed by atoms with Crippen molar-refractivity contribution in [1.29, 1.82) is 0 Å². The van der Waals surface area contributed by atoms with Crippen LogP contribution in [0.15, 0.2) is 83.5 Å². The molecule has 0 bridgehead atoms. The van der Waals surface area contributed by atoms with Crippen LogP contribution in [0.1, 0.15) is 51.6 Å². The summed E-state index contributed by atoms with van der Waals surface area (Å²) in [5.74, 6) is -0.549. The number of likely N-dealkylation sites (tertiary alicyclic amines) is 1. The van der Waals surface area contributed by atoms with Gasteiger partial charge in [-0.3, -0.25) is 14.3 Å². The van der Waals surface area contributed by atoms with Crippen LogP contribution >= 0.6 is 15.9 Å². The third-order valence-electron chi connectivity index (χ3n) is 7.64. The molecule has 1 fully saturated rings. The quantitative estimate of drug-likeness (QED) is 0.196. The van der Waals surface area contributed by atoms with Crippen molar-refractivity contribution in [2.45, 2.75) is 57.7 Å². The van der Waals surface area contributed by atoms with Gasteiger partial charge in [0.05, 0.1) is 0 Å². The second-order valence-corrected chi connectivity index (χ2v) is 13.2. The molecule has 0 aliphatic carbocycles. The number of carbonyl (C=O) groups is 3. The van der Waals surface area contributed by atoms with Crippen LogP contribution in [0.3, 0.4) is 0 Å². The fourth-order valence-electron chi connectivity index (χ4n) is 5.55. The van der Waals surface area contributed by atoms with Crippen LogP contribution in [0.2, 0.25) is 0 Å². The summed E-state index contributed by atoms with van der Waals surface area (Å²) in [4.78, 5) is 42.0. The fourth-order valence-corrected chi connectivity index (χ4v) is 5.91. The van der Waals surface area contributed by atoms with Crippen molar-refractivity contribution in [3.05, 3.63) is 89.0 Å². The van der Waals surface area contributed by atoms with Gasteiger partial charge in [-0.2, -0.15) is 5.10 Å². The zero-order chi connectivity index (χ0) is 33.0. The van der Waals surface area contributed by atoms with Crippen LogP contribution in [0.4, 0.5) is 10.5 Å². The van der Waals surface area contributed by atoms with E-state index < -0.39 is 23.8 Å². The molecule has 0 radical (unpaired) electrons. The molecule has 1 aromatic heterocycles. The smallest absolute Gasteiger partial charge is 0.408 e. The summed E-state index contributed by atoms with van der Waals surface area (Å²) in [6, 6.07) is 19.8. The van der Waals surface area contributed by atoms with Gasteiger partial charge in [0.1, 0.15) is 29.1 Å². The Balaban J connectivity index is 1.34. The van der Waals surface area contributed by atoms with E-state index in [0.717, 1.165) is 28.4 Å². The molecule has 11 heteroatoms. The molecule has 1 saturated heterocycles. The number of aryl methyl sites for hydroxylation is 1. The zero-order valence-electron chi connectivity index (χ0n) is 26.3. The van der Waals surface area contributed by atoms with E-state index >= 15 is 0 Å².